The van der Waals surface area contributed by atoms with Crippen molar-refractivity contribution in [2.75, 3.05) is 23.7 Å². The zero-order valence-corrected chi connectivity index (χ0v) is 37.8. The van der Waals surface area contributed by atoms with Crippen LogP contribution in [0.5, 0.6) is 0 Å². The van der Waals surface area contributed by atoms with E-state index in [1.54, 1.807) is 0 Å². The predicted octanol–water partition coefficient (Wildman–Crippen LogP) is 13.2. The second kappa shape index (κ2) is 36.7. The van der Waals surface area contributed by atoms with Crippen molar-refractivity contribution in [3.05, 3.63) is 20.4 Å². The summed E-state index contributed by atoms with van der Waals surface area (Å²) >= 11 is 0. The zero-order valence-electron chi connectivity index (χ0n) is 37.8. The minimum Gasteiger partial charge on any atom is -0.462 e. The van der Waals surface area contributed by atoms with E-state index in [4.69, 9.17) is 15.2 Å². The summed E-state index contributed by atoms with van der Waals surface area (Å²) in [5.41, 5.74) is 5.44. The maximum Gasteiger partial charge on any atom is 0.306 e. The van der Waals surface area contributed by atoms with Gasteiger partial charge in [0.2, 0.25) is 0 Å². The molecule has 57 heavy (non-hydrogen) atoms. The lowest BCUT2D eigenvalue weighted by molar-refractivity contribution is -0.151. The van der Waals surface area contributed by atoms with Crippen molar-refractivity contribution in [3.8, 4) is 0 Å². The summed E-state index contributed by atoms with van der Waals surface area (Å²) in [6.07, 6.45) is 38.0. The number of unbranched alkanes of at least 4 members (excludes halogenated alkanes) is 23. The Bertz CT molecular complexity index is 1160. The van der Waals surface area contributed by atoms with E-state index in [2.05, 4.69) is 27.7 Å². The number of ether oxygens (including phenoxy) is 2. The molecule has 8 nitrogen and oxygen atoms in total. The largest absolute Gasteiger partial charge is 0.462 e. The Labute approximate surface area is 350 Å². The number of carbonyl (C=O) groups excluding carboxylic acids is 2. The van der Waals surface area contributed by atoms with Gasteiger partial charge in [-0.05, 0) is 70.6 Å². The fourth-order valence-electron chi connectivity index (χ4n) is 8.04. The van der Waals surface area contributed by atoms with Crippen LogP contribution in [0.2, 0.25) is 0 Å². The number of nitrogens with two attached hydrogens (primary N) is 1. The van der Waals surface area contributed by atoms with E-state index in [1.807, 2.05) is 4.90 Å². The Morgan fingerprint density at radius 2 is 0.772 bits per heavy atom. The SMILES string of the molecule is CCCCCCCCC(CCC)OC(=O)CCCCCCCN(CCCCCCCC(=O)OC(CCCCCCCC)CCCCCCCC)c1c(N)c(=O)c1=O. The maximum absolute atomic E-state index is 12.8. The van der Waals surface area contributed by atoms with Crippen LogP contribution in [0, 0.1) is 0 Å². The highest BCUT2D eigenvalue weighted by Gasteiger charge is 2.23. The van der Waals surface area contributed by atoms with Crippen LogP contribution in [0.3, 0.4) is 0 Å². The van der Waals surface area contributed by atoms with Gasteiger partial charge in [0, 0.05) is 25.9 Å². The molecule has 0 saturated heterocycles. The normalized spacial score (nSPS) is 12.1. The lowest BCUT2D eigenvalue weighted by atomic mass is 10.0. The number of hydrogen-bond donors (Lipinski definition) is 1. The van der Waals surface area contributed by atoms with Gasteiger partial charge in [0.15, 0.2) is 0 Å². The molecular formula is C49H90N2O6. The van der Waals surface area contributed by atoms with Crippen LogP contribution in [0.25, 0.3) is 0 Å². The minimum absolute atomic E-state index is 0.0435. The molecule has 1 aromatic rings. The Hall–Kier alpha value is -2.38. The van der Waals surface area contributed by atoms with E-state index < -0.39 is 10.9 Å². The standard InChI is InChI=1S/C49H90N2O6/c1-5-9-12-15-20-27-35-42(34-8-4)56-44(52)38-30-23-18-25-32-40-51(47-46(50)48(54)49(47)55)41-33-26-19-24-31-39-45(53)57-43(36-28-21-16-13-10-6-2)37-29-22-17-14-11-7-3/h42-43H,5-41,50H2,1-4H3. The summed E-state index contributed by atoms with van der Waals surface area (Å²) in [6, 6.07) is 0. The molecule has 332 valence electrons. The summed E-state index contributed by atoms with van der Waals surface area (Å²) in [6.45, 7) is 10.3. The van der Waals surface area contributed by atoms with Crippen molar-refractivity contribution in [3.63, 3.8) is 0 Å². The summed E-state index contributed by atoms with van der Waals surface area (Å²) in [5, 5.41) is 0. The van der Waals surface area contributed by atoms with Crippen LogP contribution >= 0.6 is 0 Å². The fraction of sp³-hybridized carbons (Fsp3) is 0.878. The van der Waals surface area contributed by atoms with Crippen molar-refractivity contribution in [2.24, 2.45) is 0 Å². The molecule has 0 aromatic heterocycles. The first-order valence-electron chi connectivity index (χ1n) is 24.5. The molecule has 0 saturated carbocycles. The van der Waals surface area contributed by atoms with Gasteiger partial charge in [0.25, 0.3) is 10.9 Å². The van der Waals surface area contributed by atoms with Crippen LogP contribution in [0.4, 0.5) is 11.4 Å². The quantitative estimate of drug-likeness (QED) is 0.0395. The maximum atomic E-state index is 12.8. The van der Waals surface area contributed by atoms with Crippen LogP contribution in [0.1, 0.15) is 252 Å². The average molecular weight is 803 g/mol. The molecule has 0 fully saturated rings. The van der Waals surface area contributed by atoms with E-state index in [-0.39, 0.29) is 29.8 Å². The lowest BCUT2D eigenvalue weighted by Crippen LogP contribution is -2.43. The second-order valence-electron chi connectivity index (χ2n) is 17.1. The third-order valence-electron chi connectivity index (χ3n) is 11.7. The van der Waals surface area contributed by atoms with E-state index >= 15 is 0 Å². The highest BCUT2D eigenvalue weighted by Crippen LogP contribution is 2.21. The molecule has 1 rings (SSSR count). The van der Waals surface area contributed by atoms with Crippen molar-refractivity contribution in [1.29, 1.82) is 0 Å². The third kappa shape index (κ3) is 27.1. The highest BCUT2D eigenvalue weighted by molar-refractivity contribution is 5.72. The van der Waals surface area contributed by atoms with Crippen molar-refractivity contribution >= 4 is 23.3 Å². The zero-order chi connectivity index (χ0) is 41.8. The minimum atomic E-state index is -0.567. The van der Waals surface area contributed by atoms with Crippen molar-refractivity contribution in [2.45, 2.75) is 265 Å². The summed E-state index contributed by atoms with van der Waals surface area (Å²) in [4.78, 5) is 51.7. The van der Waals surface area contributed by atoms with Crippen LogP contribution < -0.4 is 21.5 Å². The predicted molar refractivity (Wildman–Crippen MR) is 242 cm³/mol. The molecule has 0 bridgehead atoms. The van der Waals surface area contributed by atoms with Gasteiger partial charge in [-0.25, -0.2) is 0 Å². The summed E-state index contributed by atoms with van der Waals surface area (Å²) in [5.74, 6) is -0.106. The smallest absolute Gasteiger partial charge is 0.306 e. The molecule has 0 amide bonds. The van der Waals surface area contributed by atoms with E-state index in [0.717, 1.165) is 116 Å². The molecular weight excluding hydrogens is 713 g/mol. The highest BCUT2D eigenvalue weighted by atomic mass is 16.5. The van der Waals surface area contributed by atoms with Gasteiger partial charge < -0.3 is 20.1 Å². The number of nitrogens with zero attached hydrogens (tertiary/aromatic N) is 1. The van der Waals surface area contributed by atoms with Gasteiger partial charge in [-0.2, -0.15) is 0 Å². The molecule has 0 aliphatic rings. The topological polar surface area (TPSA) is 116 Å². The second-order valence-corrected chi connectivity index (χ2v) is 17.1. The monoisotopic (exact) mass is 803 g/mol. The number of hydrogen-bond acceptors (Lipinski definition) is 8. The Balaban J connectivity index is 2.34. The molecule has 1 atom stereocenters. The Morgan fingerprint density at radius 1 is 0.439 bits per heavy atom. The lowest BCUT2D eigenvalue weighted by Gasteiger charge is -2.26. The third-order valence-corrected chi connectivity index (χ3v) is 11.7. The van der Waals surface area contributed by atoms with Gasteiger partial charge in [0.1, 0.15) is 23.6 Å². The van der Waals surface area contributed by atoms with E-state index in [1.165, 1.54) is 96.3 Å². The van der Waals surface area contributed by atoms with Gasteiger partial charge in [-0.15, -0.1) is 0 Å². The molecule has 0 heterocycles. The first kappa shape index (κ1) is 52.6. The van der Waals surface area contributed by atoms with Crippen molar-refractivity contribution < 1.29 is 19.1 Å². The summed E-state index contributed by atoms with van der Waals surface area (Å²) in [7, 11) is 0. The van der Waals surface area contributed by atoms with Crippen molar-refractivity contribution in [1.82, 2.24) is 0 Å². The number of nitrogen functional groups attached to an aromatic ring is 1. The van der Waals surface area contributed by atoms with Crippen LogP contribution in [0.15, 0.2) is 9.59 Å². The van der Waals surface area contributed by atoms with Gasteiger partial charge in [-0.1, -0.05) is 169 Å². The van der Waals surface area contributed by atoms with Crippen LogP contribution in [-0.4, -0.2) is 37.2 Å². The number of anilines is 2. The number of carbonyl (C=O) groups is 2. The molecule has 0 radical (unpaired) electrons. The molecule has 0 aliphatic carbocycles. The molecule has 0 aliphatic heterocycles. The first-order chi connectivity index (χ1) is 27.8. The van der Waals surface area contributed by atoms with E-state index in [0.29, 0.717) is 31.6 Å². The van der Waals surface area contributed by atoms with Gasteiger partial charge in [-0.3, -0.25) is 19.2 Å². The molecule has 1 unspecified atom stereocenters. The Morgan fingerprint density at radius 3 is 1.14 bits per heavy atom. The van der Waals surface area contributed by atoms with E-state index in [9.17, 15) is 19.2 Å². The molecule has 2 N–H and O–H groups in total. The van der Waals surface area contributed by atoms with Crippen LogP contribution in [-0.2, 0) is 19.1 Å². The van der Waals surface area contributed by atoms with Gasteiger partial charge in [0.05, 0.1) is 0 Å². The number of esters is 2. The van der Waals surface area contributed by atoms with Gasteiger partial charge >= 0.3 is 11.9 Å². The molecule has 1 aromatic carbocycles. The Kier molecular flexibility index (Phi) is 33.9. The average Bonchev–Trinajstić information content (AvgIpc) is 3.20. The first-order valence-corrected chi connectivity index (χ1v) is 24.5. The number of rotatable bonds is 42. The fourth-order valence-corrected chi connectivity index (χ4v) is 8.04. The molecule has 0 spiro atoms. The molecule has 8 heteroatoms. The summed E-state index contributed by atoms with van der Waals surface area (Å²) < 4.78 is 11.9.